The van der Waals surface area contributed by atoms with Gasteiger partial charge in [0.25, 0.3) is 0 Å². The zero-order valence-electron chi connectivity index (χ0n) is 12.8. The zero-order valence-corrected chi connectivity index (χ0v) is 15.2. The molecule has 0 heterocycles. The van der Waals surface area contributed by atoms with Crippen LogP contribution in [-0.2, 0) is 13.9 Å². The predicted octanol–water partition coefficient (Wildman–Crippen LogP) is 4.81. The first-order valence-electron chi connectivity index (χ1n) is 7.22. The lowest BCUT2D eigenvalue weighted by molar-refractivity contribution is -0.137. The van der Waals surface area contributed by atoms with E-state index in [1.165, 1.54) is 0 Å². The standard InChI is InChI=1S/C17H17Cl2O3P/c1-3-12(2)17(20)22-23(21,15-8-4-13(18)5-9-15)16-10-6-14(19)7-11-16/h4-12H,3H2,1-2H3. The number of rotatable bonds is 5. The van der Waals surface area contributed by atoms with Crippen LogP contribution < -0.4 is 10.6 Å². The Kier molecular flexibility index (Phi) is 5.91. The predicted molar refractivity (Wildman–Crippen MR) is 95.3 cm³/mol. The third-order valence-corrected chi connectivity index (χ3v) is 6.46. The first-order chi connectivity index (χ1) is 10.9. The van der Waals surface area contributed by atoms with Gasteiger partial charge in [-0.2, -0.15) is 0 Å². The summed E-state index contributed by atoms with van der Waals surface area (Å²) in [6, 6.07) is 12.9. The fraction of sp³-hybridized carbons (Fsp3) is 0.235. The molecule has 2 rings (SSSR count). The van der Waals surface area contributed by atoms with Crippen LogP contribution in [0.4, 0.5) is 0 Å². The lowest BCUT2D eigenvalue weighted by Gasteiger charge is -2.21. The summed E-state index contributed by atoms with van der Waals surface area (Å²) in [5.74, 6) is -0.816. The molecule has 0 saturated carbocycles. The van der Waals surface area contributed by atoms with Gasteiger partial charge in [0.05, 0.1) is 16.5 Å². The van der Waals surface area contributed by atoms with E-state index in [9.17, 15) is 9.36 Å². The molecular weight excluding hydrogens is 354 g/mol. The lowest BCUT2D eigenvalue weighted by atomic mass is 10.1. The van der Waals surface area contributed by atoms with Crippen LogP contribution >= 0.6 is 30.6 Å². The molecule has 0 aliphatic carbocycles. The number of carbonyl (C=O) groups is 1. The number of hydrogen-bond acceptors (Lipinski definition) is 3. The van der Waals surface area contributed by atoms with Crippen LogP contribution in [0.15, 0.2) is 48.5 Å². The van der Waals surface area contributed by atoms with Gasteiger partial charge in [0.1, 0.15) is 0 Å². The van der Waals surface area contributed by atoms with E-state index in [-0.39, 0.29) is 5.92 Å². The topological polar surface area (TPSA) is 43.4 Å². The van der Waals surface area contributed by atoms with Crippen molar-refractivity contribution in [3.8, 4) is 0 Å². The van der Waals surface area contributed by atoms with Crippen molar-refractivity contribution in [3.63, 3.8) is 0 Å². The van der Waals surface area contributed by atoms with Crippen LogP contribution in [0.25, 0.3) is 0 Å². The van der Waals surface area contributed by atoms with Crippen molar-refractivity contribution in [2.24, 2.45) is 5.92 Å². The Morgan fingerprint density at radius 1 is 1.00 bits per heavy atom. The Bertz CT molecular complexity index is 677. The van der Waals surface area contributed by atoms with E-state index in [0.29, 0.717) is 27.1 Å². The van der Waals surface area contributed by atoms with E-state index < -0.39 is 13.3 Å². The highest BCUT2D eigenvalue weighted by atomic mass is 35.5. The number of hydrogen-bond donors (Lipinski definition) is 0. The molecule has 0 fully saturated rings. The maximum absolute atomic E-state index is 13.5. The lowest BCUT2D eigenvalue weighted by Crippen LogP contribution is -2.23. The summed E-state index contributed by atoms with van der Waals surface area (Å²) in [5.41, 5.74) is 0. The Balaban J connectivity index is 2.50. The first kappa shape index (κ1) is 18.1. The minimum absolute atomic E-state index is 0.331. The van der Waals surface area contributed by atoms with Gasteiger partial charge in [-0.3, -0.25) is 9.36 Å². The van der Waals surface area contributed by atoms with Crippen LogP contribution in [0.3, 0.4) is 0 Å². The highest BCUT2D eigenvalue weighted by Gasteiger charge is 2.33. The third kappa shape index (κ3) is 4.17. The summed E-state index contributed by atoms with van der Waals surface area (Å²) in [5, 5.41) is 1.87. The van der Waals surface area contributed by atoms with Crippen molar-refractivity contribution < 1.29 is 13.9 Å². The Hall–Kier alpha value is -1.28. The van der Waals surface area contributed by atoms with Gasteiger partial charge in [-0.15, -0.1) is 0 Å². The van der Waals surface area contributed by atoms with E-state index in [1.54, 1.807) is 55.5 Å². The second-order valence-corrected chi connectivity index (χ2v) is 8.42. The Labute approximate surface area is 146 Å². The van der Waals surface area contributed by atoms with E-state index >= 15 is 0 Å². The van der Waals surface area contributed by atoms with Gasteiger partial charge >= 0.3 is 13.3 Å². The molecule has 6 heteroatoms. The van der Waals surface area contributed by atoms with Crippen LogP contribution in [0.5, 0.6) is 0 Å². The number of benzene rings is 2. The quantitative estimate of drug-likeness (QED) is 0.709. The second kappa shape index (κ2) is 7.53. The summed E-state index contributed by atoms with van der Waals surface area (Å²) in [6.45, 7) is 3.62. The first-order valence-corrected chi connectivity index (χ1v) is 9.60. The number of halogens is 2. The van der Waals surface area contributed by atoms with Gasteiger partial charge in [-0.05, 0) is 55.0 Å². The summed E-state index contributed by atoms with van der Waals surface area (Å²) in [7, 11) is -3.55. The minimum Gasteiger partial charge on any atom is -0.404 e. The summed E-state index contributed by atoms with van der Waals surface area (Å²) in [6.07, 6.45) is 0.611. The van der Waals surface area contributed by atoms with Gasteiger partial charge in [-0.1, -0.05) is 37.0 Å². The average molecular weight is 371 g/mol. The van der Waals surface area contributed by atoms with Crippen LogP contribution in [0, 0.1) is 5.92 Å². The zero-order chi connectivity index (χ0) is 17.0. The molecule has 0 aliphatic heterocycles. The van der Waals surface area contributed by atoms with Crippen LogP contribution in [0.1, 0.15) is 20.3 Å². The van der Waals surface area contributed by atoms with Crippen LogP contribution in [0.2, 0.25) is 10.0 Å². The summed E-state index contributed by atoms with van der Waals surface area (Å²) >= 11 is 11.8. The maximum atomic E-state index is 13.5. The molecule has 2 aromatic carbocycles. The van der Waals surface area contributed by atoms with Gasteiger partial charge in [0, 0.05) is 10.0 Å². The molecule has 0 aliphatic rings. The molecule has 122 valence electrons. The SMILES string of the molecule is CCC(C)C(=O)OP(=O)(c1ccc(Cl)cc1)c1ccc(Cl)cc1. The number of carbonyl (C=O) groups excluding carboxylic acids is 1. The molecule has 0 aromatic heterocycles. The molecule has 0 saturated heterocycles. The molecule has 0 bridgehead atoms. The second-order valence-electron chi connectivity index (χ2n) is 5.22. The molecule has 0 spiro atoms. The molecule has 1 unspecified atom stereocenters. The highest BCUT2D eigenvalue weighted by molar-refractivity contribution is 7.74. The van der Waals surface area contributed by atoms with Crippen molar-refractivity contribution in [2.75, 3.05) is 0 Å². The average Bonchev–Trinajstić information content (AvgIpc) is 2.55. The summed E-state index contributed by atoms with van der Waals surface area (Å²) in [4.78, 5) is 12.2. The molecule has 1 atom stereocenters. The van der Waals surface area contributed by atoms with Crippen LogP contribution in [-0.4, -0.2) is 5.97 Å². The molecule has 0 amide bonds. The fourth-order valence-electron chi connectivity index (χ4n) is 1.91. The van der Waals surface area contributed by atoms with Gasteiger partial charge < -0.3 is 4.52 Å². The third-order valence-electron chi connectivity index (χ3n) is 3.57. The highest BCUT2D eigenvalue weighted by Crippen LogP contribution is 2.45. The van der Waals surface area contributed by atoms with Gasteiger partial charge in [0.2, 0.25) is 0 Å². The molecule has 3 nitrogen and oxygen atoms in total. The van der Waals surface area contributed by atoms with Crippen molar-refractivity contribution >= 4 is 47.1 Å². The monoisotopic (exact) mass is 370 g/mol. The minimum atomic E-state index is -3.55. The van der Waals surface area contributed by atoms with E-state index in [4.69, 9.17) is 27.7 Å². The largest absolute Gasteiger partial charge is 0.404 e. The molecule has 23 heavy (non-hydrogen) atoms. The van der Waals surface area contributed by atoms with E-state index in [1.807, 2.05) is 6.92 Å². The molecule has 0 N–H and O–H groups in total. The Morgan fingerprint density at radius 2 is 1.39 bits per heavy atom. The summed E-state index contributed by atoms with van der Waals surface area (Å²) < 4.78 is 19.0. The van der Waals surface area contributed by atoms with E-state index in [0.717, 1.165) is 0 Å². The molecule has 2 aromatic rings. The fourth-order valence-corrected chi connectivity index (χ4v) is 4.19. The van der Waals surface area contributed by atoms with E-state index in [2.05, 4.69) is 0 Å². The van der Waals surface area contributed by atoms with Gasteiger partial charge in [-0.25, -0.2) is 0 Å². The molecular formula is C17H17Cl2O3P. The Morgan fingerprint density at radius 3 is 1.74 bits per heavy atom. The van der Waals surface area contributed by atoms with Gasteiger partial charge in [0.15, 0.2) is 0 Å². The van der Waals surface area contributed by atoms with Crippen molar-refractivity contribution in [2.45, 2.75) is 20.3 Å². The van der Waals surface area contributed by atoms with Crippen molar-refractivity contribution in [1.29, 1.82) is 0 Å². The smallest absolute Gasteiger partial charge is 0.314 e. The maximum Gasteiger partial charge on any atom is 0.314 e. The van der Waals surface area contributed by atoms with Crippen molar-refractivity contribution in [3.05, 3.63) is 58.6 Å². The van der Waals surface area contributed by atoms with Crippen molar-refractivity contribution in [1.82, 2.24) is 0 Å². The molecule has 0 radical (unpaired) electrons. The normalized spacial score (nSPS) is 12.7.